The Kier molecular flexibility index (Phi) is 3.74. The van der Waals surface area contributed by atoms with Crippen LogP contribution in [0, 0.1) is 12.7 Å². The molecule has 20 heavy (non-hydrogen) atoms. The van der Waals surface area contributed by atoms with Crippen molar-refractivity contribution in [3.63, 3.8) is 0 Å². The van der Waals surface area contributed by atoms with Crippen molar-refractivity contribution in [2.24, 2.45) is 12.8 Å². The number of aromatic nitrogens is 2. The Labute approximate surface area is 116 Å². The van der Waals surface area contributed by atoms with E-state index in [-0.39, 0.29) is 11.6 Å². The number of hydrogen-bond acceptors (Lipinski definition) is 3. The van der Waals surface area contributed by atoms with Crippen LogP contribution in [-0.4, -0.2) is 15.5 Å². The average Bonchev–Trinajstić information content (AvgIpc) is 2.80. The van der Waals surface area contributed by atoms with E-state index in [1.165, 1.54) is 0 Å². The SMILES string of the molecule is Cc1c(F)cc(C(N)=O)cc1NC(C)c1nccn1C. The Morgan fingerprint density at radius 3 is 2.75 bits per heavy atom. The average molecular weight is 276 g/mol. The Hall–Kier alpha value is -2.37. The molecule has 1 atom stereocenters. The largest absolute Gasteiger partial charge is 0.375 e. The first kappa shape index (κ1) is 14.0. The van der Waals surface area contributed by atoms with Gasteiger partial charge in [0.25, 0.3) is 0 Å². The molecule has 1 amide bonds. The van der Waals surface area contributed by atoms with E-state index >= 15 is 0 Å². The summed E-state index contributed by atoms with van der Waals surface area (Å²) in [5, 5.41) is 3.16. The summed E-state index contributed by atoms with van der Waals surface area (Å²) < 4.78 is 15.7. The molecule has 6 heteroatoms. The number of benzene rings is 1. The zero-order valence-electron chi connectivity index (χ0n) is 11.6. The smallest absolute Gasteiger partial charge is 0.248 e. The second kappa shape index (κ2) is 5.32. The maximum absolute atomic E-state index is 13.8. The van der Waals surface area contributed by atoms with Crippen LogP contribution in [-0.2, 0) is 7.05 Å². The van der Waals surface area contributed by atoms with E-state index < -0.39 is 11.7 Å². The molecule has 106 valence electrons. The molecule has 0 radical (unpaired) electrons. The van der Waals surface area contributed by atoms with Gasteiger partial charge < -0.3 is 15.6 Å². The van der Waals surface area contributed by atoms with E-state index in [4.69, 9.17) is 5.73 Å². The monoisotopic (exact) mass is 276 g/mol. The fraction of sp³-hybridized carbons (Fsp3) is 0.286. The van der Waals surface area contributed by atoms with Gasteiger partial charge in [0.2, 0.25) is 5.91 Å². The number of amides is 1. The van der Waals surface area contributed by atoms with E-state index in [1.807, 2.05) is 24.7 Å². The number of primary amides is 1. The first-order chi connectivity index (χ1) is 9.40. The Morgan fingerprint density at radius 2 is 2.20 bits per heavy atom. The number of anilines is 1. The zero-order valence-corrected chi connectivity index (χ0v) is 11.6. The van der Waals surface area contributed by atoms with Crippen molar-refractivity contribution >= 4 is 11.6 Å². The summed E-state index contributed by atoms with van der Waals surface area (Å²) in [5.41, 5.74) is 6.32. The molecule has 2 rings (SSSR count). The minimum absolute atomic E-state index is 0.128. The molecular weight excluding hydrogens is 259 g/mol. The van der Waals surface area contributed by atoms with Crippen molar-refractivity contribution < 1.29 is 9.18 Å². The number of rotatable bonds is 4. The second-order valence-corrected chi connectivity index (χ2v) is 4.76. The third-order valence-electron chi connectivity index (χ3n) is 3.25. The van der Waals surface area contributed by atoms with Gasteiger partial charge in [-0.3, -0.25) is 4.79 Å². The number of aryl methyl sites for hydroxylation is 1. The van der Waals surface area contributed by atoms with Crippen LogP contribution in [0.5, 0.6) is 0 Å². The molecule has 1 aromatic heterocycles. The molecule has 5 nitrogen and oxygen atoms in total. The van der Waals surface area contributed by atoms with Crippen LogP contribution in [0.25, 0.3) is 0 Å². The lowest BCUT2D eigenvalue weighted by Gasteiger charge is -2.18. The fourth-order valence-electron chi connectivity index (χ4n) is 2.06. The first-order valence-electron chi connectivity index (χ1n) is 6.24. The van der Waals surface area contributed by atoms with Gasteiger partial charge in [0.1, 0.15) is 11.6 Å². The number of nitrogens with zero attached hydrogens (tertiary/aromatic N) is 2. The van der Waals surface area contributed by atoms with E-state index in [0.717, 1.165) is 11.9 Å². The van der Waals surface area contributed by atoms with Gasteiger partial charge in [-0.2, -0.15) is 0 Å². The zero-order chi connectivity index (χ0) is 14.9. The molecule has 0 aliphatic carbocycles. The first-order valence-corrected chi connectivity index (χ1v) is 6.24. The summed E-state index contributed by atoms with van der Waals surface area (Å²) >= 11 is 0. The lowest BCUT2D eigenvalue weighted by Crippen LogP contribution is -2.15. The summed E-state index contributed by atoms with van der Waals surface area (Å²) in [6.45, 7) is 3.56. The van der Waals surface area contributed by atoms with Crippen molar-refractivity contribution in [2.45, 2.75) is 19.9 Å². The molecule has 1 unspecified atom stereocenters. The highest BCUT2D eigenvalue weighted by Gasteiger charge is 2.15. The van der Waals surface area contributed by atoms with Gasteiger partial charge in [0, 0.05) is 36.3 Å². The molecule has 1 aromatic carbocycles. The minimum Gasteiger partial charge on any atom is -0.375 e. The molecule has 0 aliphatic rings. The number of carbonyl (C=O) groups is 1. The van der Waals surface area contributed by atoms with Crippen LogP contribution in [0.4, 0.5) is 10.1 Å². The van der Waals surface area contributed by atoms with Crippen molar-refractivity contribution in [1.29, 1.82) is 0 Å². The second-order valence-electron chi connectivity index (χ2n) is 4.76. The van der Waals surface area contributed by atoms with Gasteiger partial charge >= 0.3 is 0 Å². The Bertz CT molecular complexity index is 651. The molecule has 0 saturated carbocycles. The predicted molar refractivity (Wildman–Crippen MR) is 74.9 cm³/mol. The van der Waals surface area contributed by atoms with Crippen LogP contribution >= 0.6 is 0 Å². The van der Waals surface area contributed by atoms with Gasteiger partial charge in [-0.25, -0.2) is 9.37 Å². The van der Waals surface area contributed by atoms with Crippen molar-refractivity contribution in [2.75, 3.05) is 5.32 Å². The number of hydrogen-bond donors (Lipinski definition) is 2. The number of imidazole rings is 1. The van der Waals surface area contributed by atoms with Crippen LogP contribution in [0.15, 0.2) is 24.5 Å². The fourth-order valence-corrected chi connectivity index (χ4v) is 2.06. The maximum Gasteiger partial charge on any atom is 0.248 e. The standard InChI is InChI=1S/C14H17FN4O/c1-8-11(15)6-10(13(16)20)7-12(8)18-9(2)14-17-4-5-19(14)3/h4-7,9,18H,1-3H3,(H2,16,20). The molecule has 0 fully saturated rings. The molecule has 0 saturated heterocycles. The summed E-state index contributed by atoms with van der Waals surface area (Å²) in [6, 6.07) is 2.57. The number of nitrogens with one attached hydrogen (secondary N) is 1. The Morgan fingerprint density at radius 1 is 1.50 bits per heavy atom. The minimum atomic E-state index is -0.656. The highest BCUT2D eigenvalue weighted by Crippen LogP contribution is 2.24. The lowest BCUT2D eigenvalue weighted by atomic mass is 10.1. The lowest BCUT2D eigenvalue weighted by molar-refractivity contribution is 0.1000. The van der Waals surface area contributed by atoms with Gasteiger partial charge in [0.15, 0.2) is 0 Å². The molecule has 0 aliphatic heterocycles. The molecule has 3 N–H and O–H groups in total. The third-order valence-corrected chi connectivity index (χ3v) is 3.25. The molecule has 0 spiro atoms. The van der Waals surface area contributed by atoms with Crippen molar-refractivity contribution in [3.8, 4) is 0 Å². The van der Waals surface area contributed by atoms with Crippen LogP contribution in [0.2, 0.25) is 0 Å². The van der Waals surface area contributed by atoms with Crippen LogP contribution in [0.3, 0.4) is 0 Å². The molecule has 2 aromatic rings. The number of halogens is 1. The van der Waals surface area contributed by atoms with Gasteiger partial charge in [-0.05, 0) is 26.0 Å². The van der Waals surface area contributed by atoms with Crippen LogP contribution in [0.1, 0.15) is 34.7 Å². The summed E-state index contributed by atoms with van der Waals surface area (Å²) in [6.07, 6.45) is 3.53. The van der Waals surface area contributed by atoms with E-state index in [1.54, 1.807) is 19.2 Å². The Balaban J connectivity index is 2.33. The van der Waals surface area contributed by atoms with Crippen molar-refractivity contribution in [1.82, 2.24) is 9.55 Å². The topological polar surface area (TPSA) is 72.9 Å². The van der Waals surface area contributed by atoms with E-state index in [2.05, 4.69) is 10.3 Å². The maximum atomic E-state index is 13.8. The van der Waals surface area contributed by atoms with E-state index in [9.17, 15) is 9.18 Å². The quantitative estimate of drug-likeness (QED) is 0.898. The molecular formula is C14H17FN4O. The number of carbonyl (C=O) groups excluding carboxylic acids is 1. The summed E-state index contributed by atoms with van der Waals surface area (Å²) in [5.74, 6) is -0.304. The van der Waals surface area contributed by atoms with Crippen molar-refractivity contribution in [3.05, 3.63) is 47.3 Å². The number of nitrogens with two attached hydrogens (primary N) is 1. The highest BCUT2D eigenvalue weighted by molar-refractivity contribution is 5.94. The summed E-state index contributed by atoms with van der Waals surface area (Å²) in [4.78, 5) is 15.4. The normalized spacial score (nSPS) is 12.2. The third kappa shape index (κ3) is 2.64. The van der Waals surface area contributed by atoms with E-state index in [0.29, 0.717) is 11.3 Å². The molecule has 1 heterocycles. The predicted octanol–water partition coefficient (Wildman–Crippen LogP) is 2.14. The van der Waals surface area contributed by atoms with Crippen LogP contribution < -0.4 is 11.1 Å². The van der Waals surface area contributed by atoms with Gasteiger partial charge in [0.05, 0.1) is 6.04 Å². The molecule has 0 bridgehead atoms. The highest BCUT2D eigenvalue weighted by atomic mass is 19.1. The van der Waals surface area contributed by atoms with Gasteiger partial charge in [-0.15, -0.1) is 0 Å². The van der Waals surface area contributed by atoms with Gasteiger partial charge in [-0.1, -0.05) is 0 Å². The summed E-state index contributed by atoms with van der Waals surface area (Å²) in [7, 11) is 1.88.